The minimum atomic E-state index is 0.729. The van der Waals surface area contributed by atoms with E-state index in [1.165, 1.54) is 45.6 Å². The van der Waals surface area contributed by atoms with Crippen LogP contribution in [0.5, 0.6) is 0 Å². The lowest BCUT2D eigenvalue weighted by Crippen LogP contribution is -2.45. The van der Waals surface area contributed by atoms with Crippen LogP contribution < -0.4 is 5.32 Å². The molecular weight excluding hydrogens is 174 g/mol. The molecule has 3 heteroatoms. The van der Waals surface area contributed by atoms with Crippen molar-refractivity contribution in [1.29, 1.82) is 0 Å². The quantitative estimate of drug-likeness (QED) is 0.655. The summed E-state index contributed by atoms with van der Waals surface area (Å²) in [6.45, 7) is 8.58. The number of likely N-dealkylation sites (N-methyl/N-ethyl adjacent to an activating group) is 1. The molecule has 0 aliphatic carbocycles. The number of rotatable bonds is 1. The summed E-state index contributed by atoms with van der Waals surface area (Å²) < 4.78 is 0. The Morgan fingerprint density at radius 1 is 1.29 bits per heavy atom. The van der Waals surface area contributed by atoms with Gasteiger partial charge in [0.05, 0.1) is 0 Å². The second-order valence-corrected chi connectivity index (χ2v) is 4.85. The van der Waals surface area contributed by atoms with Crippen molar-refractivity contribution in [2.45, 2.75) is 31.8 Å². The van der Waals surface area contributed by atoms with Gasteiger partial charge in [0, 0.05) is 31.7 Å². The summed E-state index contributed by atoms with van der Waals surface area (Å²) in [5, 5.41) is 3.47. The molecule has 2 heterocycles. The second-order valence-electron chi connectivity index (χ2n) is 4.85. The molecule has 0 aromatic carbocycles. The highest BCUT2D eigenvalue weighted by Crippen LogP contribution is 2.16. The van der Waals surface area contributed by atoms with Gasteiger partial charge in [-0.25, -0.2) is 0 Å². The van der Waals surface area contributed by atoms with E-state index in [0.717, 1.165) is 12.1 Å². The van der Waals surface area contributed by atoms with Crippen LogP contribution in [0.3, 0.4) is 0 Å². The lowest BCUT2D eigenvalue weighted by molar-refractivity contribution is 0.152. The van der Waals surface area contributed by atoms with Crippen molar-refractivity contribution in [3.63, 3.8) is 0 Å². The Kier molecular flexibility index (Phi) is 3.42. The van der Waals surface area contributed by atoms with Gasteiger partial charge < -0.3 is 10.2 Å². The SMILES string of the molecule is CC1CN(C)CCCN1C1CCNC1. The predicted molar refractivity (Wildman–Crippen MR) is 59.6 cm³/mol. The van der Waals surface area contributed by atoms with Gasteiger partial charge in [-0.2, -0.15) is 0 Å². The Morgan fingerprint density at radius 2 is 2.14 bits per heavy atom. The monoisotopic (exact) mass is 197 g/mol. The third-order valence-corrected chi connectivity index (χ3v) is 3.60. The van der Waals surface area contributed by atoms with Gasteiger partial charge in [0.15, 0.2) is 0 Å². The van der Waals surface area contributed by atoms with Crippen molar-refractivity contribution in [2.24, 2.45) is 0 Å². The van der Waals surface area contributed by atoms with Crippen molar-refractivity contribution in [1.82, 2.24) is 15.1 Å². The van der Waals surface area contributed by atoms with E-state index in [1.54, 1.807) is 0 Å². The predicted octanol–water partition coefficient (Wildman–Crippen LogP) is 0.374. The molecule has 0 spiro atoms. The topological polar surface area (TPSA) is 18.5 Å². The molecule has 82 valence electrons. The molecule has 3 nitrogen and oxygen atoms in total. The Hall–Kier alpha value is -0.120. The van der Waals surface area contributed by atoms with Gasteiger partial charge in [-0.05, 0) is 39.9 Å². The highest BCUT2D eigenvalue weighted by Gasteiger charge is 2.28. The average Bonchev–Trinajstić information content (AvgIpc) is 2.59. The third kappa shape index (κ3) is 2.27. The molecule has 0 radical (unpaired) electrons. The molecule has 0 aromatic heterocycles. The molecule has 0 saturated carbocycles. The van der Waals surface area contributed by atoms with E-state index < -0.39 is 0 Å². The van der Waals surface area contributed by atoms with Gasteiger partial charge in [-0.1, -0.05) is 0 Å². The zero-order valence-corrected chi connectivity index (χ0v) is 9.50. The van der Waals surface area contributed by atoms with Gasteiger partial charge in [0.2, 0.25) is 0 Å². The maximum Gasteiger partial charge on any atom is 0.0236 e. The van der Waals surface area contributed by atoms with Gasteiger partial charge in [0.1, 0.15) is 0 Å². The molecule has 1 N–H and O–H groups in total. The normalized spacial score (nSPS) is 37.3. The Morgan fingerprint density at radius 3 is 2.86 bits per heavy atom. The molecule has 2 rings (SSSR count). The van der Waals surface area contributed by atoms with Crippen LogP contribution in [0.25, 0.3) is 0 Å². The first kappa shape index (κ1) is 10.4. The van der Waals surface area contributed by atoms with Crippen LogP contribution >= 0.6 is 0 Å². The van der Waals surface area contributed by atoms with E-state index in [0.29, 0.717) is 0 Å². The molecule has 0 bridgehead atoms. The lowest BCUT2D eigenvalue weighted by Gasteiger charge is -2.32. The largest absolute Gasteiger partial charge is 0.315 e. The lowest BCUT2D eigenvalue weighted by atomic mass is 10.1. The number of nitrogens with one attached hydrogen (secondary N) is 1. The highest BCUT2D eigenvalue weighted by molar-refractivity contribution is 4.86. The Labute approximate surface area is 87.4 Å². The smallest absolute Gasteiger partial charge is 0.0236 e. The van der Waals surface area contributed by atoms with Crippen molar-refractivity contribution in [3.8, 4) is 0 Å². The molecule has 0 amide bonds. The van der Waals surface area contributed by atoms with Gasteiger partial charge in [0.25, 0.3) is 0 Å². The van der Waals surface area contributed by atoms with Crippen LogP contribution in [0.2, 0.25) is 0 Å². The summed E-state index contributed by atoms with van der Waals surface area (Å²) in [4.78, 5) is 5.18. The minimum absolute atomic E-state index is 0.729. The molecule has 2 unspecified atom stereocenters. The average molecular weight is 197 g/mol. The van der Waals surface area contributed by atoms with Crippen LogP contribution in [0.15, 0.2) is 0 Å². The molecule has 2 saturated heterocycles. The maximum absolute atomic E-state index is 3.47. The standard InChI is InChI=1S/C11H23N3/c1-10-9-13(2)6-3-7-14(10)11-4-5-12-8-11/h10-12H,3-9H2,1-2H3. The first-order valence-electron chi connectivity index (χ1n) is 5.92. The van der Waals surface area contributed by atoms with Crippen LogP contribution in [-0.4, -0.2) is 61.7 Å². The van der Waals surface area contributed by atoms with E-state index >= 15 is 0 Å². The fraction of sp³-hybridized carbons (Fsp3) is 1.00. The number of hydrogen-bond donors (Lipinski definition) is 1. The van der Waals surface area contributed by atoms with Gasteiger partial charge in [-0.15, -0.1) is 0 Å². The van der Waals surface area contributed by atoms with Crippen molar-refractivity contribution >= 4 is 0 Å². The van der Waals surface area contributed by atoms with E-state index in [9.17, 15) is 0 Å². The minimum Gasteiger partial charge on any atom is -0.315 e. The van der Waals surface area contributed by atoms with Crippen molar-refractivity contribution < 1.29 is 0 Å². The summed E-state index contributed by atoms with van der Waals surface area (Å²) in [5.74, 6) is 0. The van der Waals surface area contributed by atoms with E-state index in [2.05, 4.69) is 29.1 Å². The van der Waals surface area contributed by atoms with E-state index in [-0.39, 0.29) is 0 Å². The first-order valence-corrected chi connectivity index (χ1v) is 5.92. The molecular formula is C11H23N3. The van der Waals surface area contributed by atoms with Crippen LogP contribution in [0.4, 0.5) is 0 Å². The number of hydrogen-bond acceptors (Lipinski definition) is 3. The maximum atomic E-state index is 3.47. The second kappa shape index (κ2) is 4.60. The van der Waals surface area contributed by atoms with Crippen molar-refractivity contribution in [2.75, 3.05) is 39.8 Å². The summed E-state index contributed by atoms with van der Waals surface area (Å²) in [7, 11) is 2.24. The molecule has 0 aromatic rings. The van der Waals surface area contributed by atoms with Crippen LogP contribution in [0.1, 0.15) is 19.8 Å². The Balaban J connectivity index is 1.94. The van der Waals surface area contributed by atoms with E-state index in [1.807, 2.05) is 0 Å². The zero-order chi connectivity index (χ0) is 9.97. The summed E-state index contributed by atoms with van der Waals surface area (Å²) in [5.41, 5.74) is 0. The van der Waals surface area contributed by atoms with Crippen LogP contribution in [-0.2, 0) is 0 Å². The number of nitrogens with zero attached hydrogens (tertiary/aromatic N) is 2. The summed E-state index contributed by atoms with van der Waals surface area (Å²) in [6.07, 6.45) is 2.67. The Bertz CT molecular complexity index is 177. The first-order chi connectivity index (χ1) is 6.77. The summed E-state index contributed by atoms with van der Waals surface area (Å²) in [6, 6.07) is 1.53. The molecule has 2 fully saturated rings. The fourth-order valence-corrected chi connectivity index (χ4v) is 2.86. The molecule has 14 heavy (non-hydrogen) atoms. The fourth-order valence-electron chi connectivity index (χ4n) is 2.86. The van der Waals surface area contributed by atoms with Crippen LogP contribution in [0, 0.1) is 0 Å². The summed E-state index contributed by atoms with van der Waals surface area (Å²) >= 11 is 0. The molecule has 2 atom stereocenters. The third-order valence-electron chi connectivity index (χ3n) is 3.60. The zero-order valence-electron chi connectivity index (χ0n) is 9.50. The highest BCUT2D eigenvalue weighted by atomic mass is 15.3. The van der Waals surface area contributed by atoms with Gasteiger partial charge >= 0.3 is 0 Å². The van der Waals surface area contributed by atoms with E-state index in [4.69, 9.17) is 0 Å². The van der Waals surface area contributed by atoms with Crippen molar-refractivity contribution in [3.05, 3.63) is 0 Å². The molecule has 2 aliphatic rings. The molecule has 2 aliphatic heterocycles. The van der Waals surface area contributed by atoms with Gasteiger partial charge in [-0.3, -0.25) is 4.90 Å².